The van der Waals surface area contributed by atoms with Crippen molar-refractivity contribution in [2.45, 2.75) is 72.3 Å². The van der Waals surface area contributed by atoms with Crippen molar-refractivity contribution in [1.82, 2.24) is 10.2 Å². The van der Waals surface area contributed by atoms with Gasteiger partial charge in [0.25, 0.3) is 0 Å². The van der Waals surface area contributed by atoms with Gasteiger partial charge in [-0.05, 0) is 84.2 Å². The van der Waals surface area contributed by atoms with E-state index in [-0.39, 0.29) is 20.1 Å². The van der Waals surface area contributed by atoms with E-state index in [4.69, 9.17) is 14.9 Å². The first kappa shape index (κ1) is 25.1. The van der Waals surface area contributed by atoms with Crippen molar-refractivity contribution in [2.24, 2.45) is 11.8 Å². The van der Waals surface area contributed by atoms with Crippen LogP contribution in [-0.2, 0) is 4.74 Å². The molecule has 2 rings (SSSR count). The third-order valence-corrected chi connectivity index (χ3v) is 4.80. The molecule has 0 aliphatic carbocycles. The van der Waals surface area contributed by atoms with E-state index in [1.807, 2.05) is 20.8 Å². The van der Waals surface area contributed by atoms with Gasteiger partial charge in [0.1, 0.15) is 5.60 Å². The monoisotopic (exact) mass is 374 g/mol. The number of nitrogens with zero attached hydrogens (tertiary/aromatic N) is 1. The molecule has 2 aliphatic heterocycles. The second-order valence-corrected chi connectivity index (χ2v) is 8.13. The number of likely N-dealkylation sites (tertiary alicyclic amines) is 1. The van der Waals surface area contributed by atoms with E-state index in [2.05, 4.69) is 5.32 Å². The lowest BCUT2D eigenvalue weighted by Crippen LogP contribution is -2.41. The Morgan fingerprint density at radius 1 is 1.00 bits per heavy atom. The van der Waals surface area contributed by atoms with E-state index in [0.29, 0.717) is 12.5 Å². The number of carbonyl (C=O) groups is 1. The topological polar surface area (TPSA) is 82.0 Å². The van der Waals surface area contributed by atoms with Crippen molar-refractivity contribution in [3.63, 3.8) is 0 Å². The molecule has 156 valence electrons. The van der Waals surface area contributed by atoms with Crippen LogP contribution in [0.15, 0.2) is 0 Å². The molecule has 0 bridgehead atoms. The number of aliphatic hydroxyl groups excluding tert-OH is 2. The quantitative estimate of drug-likeness (QED) is 0.705. The van der Waals surface area contributed by atoms with E-state index in [0.717, 1.165) is 57.8 Å². The summed E-state index contributed by atoms with van der Waals surface area (Å²) in [7, 11) is 0. The molecule has 0 radical (unpaired) electrons. The van der Waals surface area contributed by atoms with Crippen LogP contribution in [0.5, 0.6) is 0 Å². The molecule has 0 aromatic carbocycles. The van der Waals surface area contributed by atoms with E-state index in [9.17, 15) is 4.79 Å². The van der Waals surface area contributed by atoms with Gasteiger partial charge in [-0.15, -0.1) is 0 Å². The van der Waals surface area contributed by atoms with Crippen molar-refractivity contribution in [1.29, 1.82) is 0 Å². The number of hydrogen-bond donors (Lipinski definition) is 3. The van der Waals surface area contributed by atoms with Gasteiger partial charge >= 0.3 is 6.09 Å². The minimum Gasteiger partial charge on any atom is -0.444 e. The average molecular weight is 375 g/mol. The zero-order valence-corrected chi connectivity index (χ0v) is 16.3. The van der Waals surface area contributed by atoms with Crippen LogP contribution in [0.3, 0.4) is 0 Å². The second-order valence-electron chi connectivity index (χ2n) is 8.13. The van der Waals surface area contributed by atoms with Crippen LogP contribution in [0.1, 0.15) is 66.7 Å². The summed E-state index contributed by atoms with van der Waals surface area (Å²) in [5, 5.41) is 20.7. The molecule has 6 heteroatoms. The van der Waals surface area contributed by atoms with Gasteiger partial charge in [-0.3, -0.25) is 0 Å². The van der Waals surface area contributed by atoms with Crippen molar-refractivity contribution < 1.29 is 19.7 Å². The van der Waals surface area contributed by atoms with Gasteiger partial charge in [-0.25, -0.2) is 4.79 Å². The lowest BCUT2D eigenvalue weighted by molar-refractivity contribution is 0.0176. The van der Waals surface area contributed by atoms with Crippen molar-refractivity contribution in [3.05, 3.63) is 0 Å². The van der Waals surface area contributed by atoms with Crippen molar-refractivity contribution >= 4 is 6.09 Å². The number of ether oxygens (including phenoxy) is 1. The summed E-state index contributed by atoms with van der Waals surface area (Å²) in [5.74, 6) is 1.35. The van der Waals surface area contributed by atoms with E-state index >= 15 is 0 Å². The van der Waals surface area contributed by atoms with Crippen LogP contribution < -0.4 is 5.32 Å². The zero-order chi connectivity index (χ0) is 18.7. The maximum absolute atomic E-state index is 11.7. The van der Waals surface area contributed by atoms with E-state index in [1.54, 1.807) is 4.90 Å². The van der Waals surface area contributed by atoms with Gasteiger partial charge in [0.05, 0.1) is 0 Å². The van der Waals surface area contributed by atoms with Gasteiger partial charge in [-0.2, -0.15) is 0 Å². The fourth-order valence-electron chi connectivity index (χ4n) is 3.27. The summed E-state index contributed by atoms with van der Waals surface area (Å²) >= 11 is 0. The molecule has 26 heavy (non-hydrogen) atoms. The number of piperidine rings is 2. The summed E-state index contributed by atoms with van der Waals surface area (Å²) in [6, 6.07) is 0. The summed E-state index contributed by atoms with van der Waals surface area (Å²) < 4.78 is 5.31. The van der Waals surface area contributed by atoms with Crippen LogP contribution in [0.4, 0.5) is 4.79 Å². The van der Waals surface area contributed by atoms with Crippen molar-refractivity contribution in [3.8, 4) is 0 Å². The van der Waals surface area contributed by atoms with E-state index < -0.39 is 5.60 Å². The van der Waals surface area contributed by atoms with Crippen molar-refractivity contribution in [2.75, 3.05) is 39.4 Å². The first-order valence-electron chi connectivity index (χ1n) is 9.76. The standard InChI is InChI=1S/C12H23NO3.C7H15NO.CH4/c1-12(2,3)16-11(15)13-7-4-10(5-8-13)6-9-14;9-6-3-7-1-4-8-5-2-7;/h10,14H,4-9H2,1-3H3;7-9H,1-6H2;1H4. The number of hydrogen-bond acceptors (Lipinski definition) is 5. The molecule has 6 nitrogen and oxygen atoms in total. The van der Waals surface area contributed by atoms with Crippen LogP contribution in [0, 0.1) is 11.8 Å². The first-order valence-corrected chi connectivity index (χ1v) is 9.76. The molecule has 2 heterocycles. The van der Waals surface area contributed by atoms with Gasteiger partial charge in [0, 0.05) is 26.3 Å². The summed E-state index contributed by atoms with van der Waals surface area (Å²) in [6.07, 6.45) is 6.08. The maximum atomic E-state index is 11.7. The average Bonchev–Trinajstić information content (AvgIpc) is 2.56. The Morgan fingerprint density at radius 3 is 1.88 bits per heavy atom. The van der Waals surface area contributed by atoms with Crippen LogP contribution in [-0.4, -0.2) is 66.2 Å². The summed E-state index contributed by atoms with van der Waals surface area (Å²) in [4.78, 5) is 13.5. The highest BCUT2D eigenvalue weighted by Crippen LogP contribution is 2.21. The molecular weight excluding hydrogens is 332 g/mol. The molecular formula is C20H42N2O4. The number of nitrogens with one attached hydrogen (secondary N) is 1. The van der Waals surface area contributed by atoms with Gasteiger partial charge in [0.15, 0.2) is 0 Å². The van der Waals surface area contributed by atoms with Gasteiger partial charge in [-0.1, -0.05) is 7.43 Å². The largest absolute Gasteiger partial charge is 0.444 e. The molecule has 2 fully saturated rings. The molecule has 0 saturated carbocycles. The molecule has 0 aromatic rings. The predicted molar refractivity (Wildman–Crippen MR) is 106 cm³/mol. The molecule has 2 saturated heterocycles. The minimum absolute atomic E-state index is 0. The molecule has 0 atom stereocenters. The lowest BCUT2D eigenvalue weighted by Gasteiger charge is -2.33. The normalized spacial score (nSPS) is 19.2. The predicted octanol–water partition coefficient (Wildman–Crippen LogP) is 3.02. The molecule has 3 N–H and O–H groups in total. The lowest BCUT2D eigenvalue weighted by atomic mass is 9.94. The highest BCUT2D eigenvalue weighted by atomic mass is 16.6. The number of rotatable bonds is 4. The Balaban J connectivity index is 0.000000532. The smallest absolute Gasteiger partial charge is 0.410 e. The fourth-order valence-corrected chi connectivity index (χ4v) is 3.27. The Bertz CT molecular complexity index is 355. The molecule has 0 unspecified atom stereocenters. The van der Waals surface area contributed by atoms with Crippen LogP contribution in [0.2, 0.25) is 0 Å². The number of amides is 1. The van der Waals surface area contributed by atoms with Crippen LogP contribution >= 0.6 is 0 Å². The molecule has 0 aromatic heterocycles. The summed E-state index contributed by atoms with van der Waals surface area (Å²) in [5.41, 5.74) is -0.418. The molecule has 1 amide bonds. The third-order valence-electron chi connectivity index (χ3n) is 4.80. The maximum Gasteiger partial charge on any atom is 0.410 e. The summed E-state index contributed by atoms with van der Waals surface area (Å²) in [6.45, 7) is 10.0. The zero-order valence-electron chi connectivity index (χ0n) is 16.3. The molecule has 0 spiro atoms. The third kappa shape index (κ3) is 11.0. The SMILES string of the molecule is C.CC(C)(C)OC(=O)N1CCC(CCO)CC1.OCCC1CCNCC1. The van der Waals surface area contributed by atoms with Gasteiger partial charge in [0.2, 0.25) is 0 Å². The first-order chi connectivity index (χ1) is 11.9. The molecule has 2 aliphatic rings. The fraction of sp³-hybridized carbons (Fsp3) is 0.950. The number of carbonyl (C=O) groups excluding carboxylic acids is 1. The highest BCUT2D eigenvalue weighted by molar-refractivity contribution is 5.68. The Labute approximate surface area is 160 Å². The highest BCUT2D eigenvalue weighted by Gasteiger charge is 2.26. The second kappa shape index (κ2) is 13.3. The Hall–Kier alpha value is -0.850. The number of aliphatic hydroxyl groups is 2. The minimum atomic E-state index is -0.418. The Morgan fingerprint density at radius 2 is 1.46 bits per heavy atom. The van der Waals surface area contributed by atoms with Gasteiger partial charge < -0.3 is 25.2 Å². The van der Waals surface area contributed by atoms with E-state index in [1.165, 1.54) is 12.8 Å². The van der Waals surface area contributed by atoms with Crippen LogP contribution in [0.25, 0.3) is 0 Å². The Kier molecular flexibility index (Phi) is 12.9.